The van der Waals surface area contributed by atoms with Crippen LogP contribution in [-0.4, -0.2) is 32.0 Å². The minimum atomic E-state index is -4.22. The van der Waals surface area contributed by atoms with Gasteiger partial charge in [0.1, 0.15) is 6.61 Å². The normalized spacial score (nSPS) is 25.5. The Morgan fingerprint density at radius 2 is 1.75 bits per heavy atom. The molecule has 2 unspecified atom stereocenters. The molecule has 1 aliphatic rings. The van der Waals surface area contributed by atoms with Gasteiger partial charge in [-0.3, -0.25) is 0 Å². The van der Waals surface area contributed by atoms with E-state index in [-0.39, 0.29) is 6.61 Å². The molecule has 5 heteroatoms. The molecule has 0 amide bonds. The molecule has 0 aromatic carbocycles. The first-order valence-electron chi connectivity index (χ1n) is 7.56. The summed E-state index contributed by atoms with van der Waals surface area (Å²) in [6.07, 6.45) is 1.66. The molecule has 0 aromatic rings. The van der Waals surface area contributed by atoms with Crippen molar-refractivity contribution in [3.63, 3.8) is 0 Å². The summed E-state index contributed by atoms with van der Waals surface area (Å²) in [5.74, 6) is 0.746. The molecule has 1 rings (SSSR count). The molecule has 0 aromatic heterocycles. The Morgan fingerprint density at radius 3 is 2.35 bits per heavy atom. The lowest BCUT2D eigenvalue weighted by Gasteiger charge is -2.29. The average Bonchev–Trinajstić information content (AvgIpc) is 2.52. The number of nitrogens with one attached hydrogen (secondary N) is 1. The van der Waals surface area contributed by atoms with Crippen LogP contribution in [0.4, 0.5) is 13.2 Å². The van der Waals surface area contributed by atoms with E-state index >= 15 is 0 Å². The maximum absolute atomic E-state index is 11.9. The van der Waals surface area contributed by atoms with E-state index < -0.39 is 12.8 Å². The summed E-state index contributed by atoms with van der Waals surface area (Å²) in [6, 6.07) is 0.428. The van der Waals surface area contributed by atoms with Gasteiger partial charge in [-0.15, -0.1) is 0 Å². The highest BCUT2D eigenvalue weighted by Gasteiger charge is 2.28. The Hall–Kier alpha value is -0.290. The van der Waals surface area contributed by atoms with Crippen molar-refractivity contribution in [1.29, 1.82) is 0 Å². The fourth-order valence-corrected chi connectivity index (χ4v) is 2.89. The van der Waals surface area contributed by atoms with Crippen LogP contribution in [0.25, 0.3) is 0 Å². The minimum Gasteiger partial charge on any atom is -0.371 e. The van der Waals surface area contributed by atoms with Crippen molar-refractivity contribution in [3.8, 4) is 0 Å². The van der Waals surface area contributed by atoms with Gasteiger partial charge < -0.3 is 10.1 Å². The maximum Gasteiger partial charge on any atom is 0.411 e. The van der Waals surface area contributed by atoms with Crippen molar-refractivity contribution in [3.05, 3.63) is 0 Å². The first kappa shape index (κ1) is 17.8. The van der Waals surface area contributed by atoms with Crippen molar-refractivity contribution in [2.24, 2.45) is 11.3 Å². The largest absolute Gasteiger partial charge is 0.411 e. The molecule has 0 aliphatic heterocycles. The summed E-state index contributed by atoms with van der Waals surface area (Å²) >= 11 is 0. The lowest BCUT2D eigenvalue weighted by atomic mass is 9.76. The lowest BCUT2D eigenvalue weighted by Crippen LogP contribution is -2.32. The zero-order chi connectivity index (χ0) is 15.2. The predicted molar refractivity (Wildman–Crippen MR) is 74.7 cm³/mol. The molecular formula is C15H28F3NO. The van der Waals surface area contributed by atoms with Crippen molar-refractivity contribution in [2.45, 2.75) is 65.1 Å². The Morgan fingerprint density at radius 1 is 1.05 bits per heavy atom. The molecule has 1 aliphatic carbocycles. The SMILES string of the molecule is CC(C)(C)C1CCCC(NCCOCC(F)(F)F)CC1. The lowest BCUT2D eigenvalue weighted by molar-refractivity contribution is -0.173. The summed E-state index contributed by atoms with van der Waals surface area (Å²) in [4.78, 5) is 0. The zero-order valence-electron chi connectivity index (χ0n) is 12.9. The highest BCUT2D eigenvalue weighted by Crippen LogP contribution is 2.36. The molecule has 20 heavy (non-hydrogen) atoms. The molecule has 1 fully saturated rings. The van der Waals surface area contributed by atoms with Gasteiger partial charge in [0.25, 0.3) is 0 Å². The van der Waals surface area contributed by atoms with Crippen LogP contribution in [0.15, 0.2) is 0 Å². The second-order valence-electron chi connectivity index (χ2n) is 6.89. The van der Waals surface area contributed by atoms with E-state index in [1.807, 2.05) is 0 Å². The van der Waals surface area contributed by atoms with Crippen LogP contribution in [0.1, 0.15) is 52.9 Å². The van der Waals surface area contributed by atoms with Crippen LogP contribution < -0.4 is 5.32 Å². The van der Waals surface area contributed by atoms with Crippen LogP contribution in [0, 0.1) is 11.3 Å². The van der Waals surface area contributed by atoms with Crippen LogP contribution in [-0.2, 0) is 4.74 Å². The number of hydrogen-bond donors (Lipinski definition) is 1. The molecular weight excluding hydrogens is 267 g/mol. The second-order valence-corrected chi connectivity index (χ2v) is 6.89. The quantitative estimate of drug-likeness (QED) is 0.607. The number of hydrogen-bond acceptors (Lipinski definition) is 2. The van der Waals surface area contributed by atoms with Gasteiger partial charge in [-0.1, -0.05) is 27.2 Å². The molecule has 1 saturated carbocycles. The molecule has 0 spiro atoms. The van der Waals surface area contributed by atoms with Gasteiger partial charge in [-0.05, 0) is 37.0 Å². The third kappa shape index (κ3) is 7.48. The smallest absolute Gasteiger partial charge is 0.371 e. The molecule has 0 saturated heterocycles. The highest BCUT2D eigenvalue weighted by atomic mass is 19.4. The maximum atomic E-state index is 11.9. The number of rotatable bonds is 5. The monoisotopic (exact) mass is 295 g/mol. The molecule has 0 radical (unpaired) electrons. The fraction of sp³-hybridized carbons (Fsp3) is 1.00. The van der Waals surface area contributed by atoms with Gasteiger partial charge in [0, 0.05) is 12.6 Å². The van der Waals surface area contributed by atoms with Gasteiger partial charge in [-0.2, -0.15) is 13.2 Å². The molecule has 2 atom stereocenters. The minimum absolute atomic E-state index is 0.124. The van der Waals surface area contributed by atoms with E-state index in [0.29, 0.717) is 18.0 Å². The highest BCUT2D eigenvalue weighted by molar-refractivity contribution is 4.81. The number of ether oxygens (including phenoxy) is 1. The molecule has 0 heterocycles. The van der Waals surface area contributed by atoms with Gasteiger partial charge >= 0.3 is 6.18 Å². The van der Waals surface area contributed by atoms with E-state index in [2.05, 4.69) is 30.8 Å². The first-order valence-corrected chi connectivity index (χ1v) is 7.56. The van der Waals surface area contributed by atoms with Gasteiger partial charge in [0.2, 0.25) is 0 Å². The standard InChI is InChI=1S/C15H28F3NO/c1-14(2,3)12-5-4-6-13(8-7-12)19-9-10-20-11-15(16,17)18/h12-13,19H,4-11H2,1-3H3. The third-order valence-electron chi connectivity index (χ3n) is 4.14. The van der Waals surface area contributed by atoms with E-state index in [9.17, 15) is 13.2 Å². The second kappa shape index (κ2) is 7.64. The molecule has 120 valence electrons. The topological polar surface area (TPSA) is 21.3 Å². The van der Waals surface area contributed by atoms with E-state index in [1.54, 1.807) is 0 Å². The zero-order valence-corrected chi connectivity index (χ0v) is 12.9. The van der Waals surface area contributed by atoms with Gasteiger partial charge in [-0.25, -0.2) is 0 Å². The third-order valence-corrected chi connectivity index (χ3v) is 4.14. The molecule has 0 bridgehead atoms. The van der Waals surface area contributed by atoms with Gasteiger partial charge in [0.15, 0.2) is 0 Å². The Labute approximate surface area is 120 Å². The van der Waals surface area contributed by atoms with E-state index in [0.717, 1.165) is 18.8 Å². The van der Waals surface area contributed by atoms with Gasteiger partial charge in [0.05, 0.1) is 6.61 Å². The summed E-state index contributed by atoms with van der Waals surface area (Å²) in [7, 11) is 0. The average molecular weight is 295 g/mol. The molecule has 1 N–H and O–H groups in total. The number of alkyl halides is 3. The van der Waals surface area contributed by atoms with Crippen LogP contribution in [0.5, 0.6) is 0 Å². The Balaban J connectivity index is 2.16. The summed E-state index contributed by atoms with van der Waals surface area (Å²) in [5, 5.41) is 3.33. The first-order chi connectivity index (χ1) is 9.18. The summed E-state index contributed by atoms with van der Waals surface area (Å²) < 4.78 is 40.3. The van der Waals surface area contributed by atoms with Crippen molar-refractivity contribution < 1.29 is 17.9 Å². The van der Waals surface area contributed by atoms with Crippen molar-refractivity contribution >= 4 is 0 Å². The van der Waals surface area contributed by atoms with Crippen molar-refractivity contribution in [1.82, 2.24) is 5.32 Å². The summed E-state index contributed by atoms with van der Waals surface area (Å²) in [5.41, 5.74) is 0.352. The van der Waals surface area contributed by atoms with E-state index in [4.69, 9.17) is 0 Å². The van der Waals surface area contributed by atoms with Crippen LogP contribution in [0.3, 0.4) is 0 Å². The van der Waals surface area contributed by atoms with E-state index in [1.165, 1.54) is 19.3 Å². The molecule has 2 nitrogen and oxygen atoms in total. The number of halogens is 3. The summed E-state index contributed by atoms with van der Waals surface area (Å²) in [6.45, 7) is 6.34. The van der Waals surface area contributed by atoms with Crippen LogP contribution in [0.2, 0.25) is 0 Å². The Bertz CT molecular complexity index is 273. The predicted octanol–water partition coefficient (Wildman–Crippen LogP) is 4.15. The fourth-order valence-electron chi connectivity index (χ4n) is 2.89. The van der Waals surface area contributed by atoms with Crippen LogP contribution >= 0.6 is 0 Å². The van der Waals surface area contributed by atoms with Crippen molar-refractivity contribution in [2.75, 3.05) is 19.8 Å². The Kier molecular flexibility index (Phi) is 6.79.